The number of hydrogen-bond acceptors (Lipinski definition) is 3. The van der Waals surface area contributed by atoms with Crippen molar-refractivity contribution in [1.82, 2.24) is 0 Å². The predicted molar refractivity (Wildman–Crippen MR) is 63.6 cm³/mol. The van der Waals surface area contributed by atoms with Crippen molar-refractivity contribution >= 4 is 38.8 Å². The maximum absolute atomic E-state index is 5.68. The number of nitrogens with zero attached hydrogens (tertiary/aromatic N) is 2. The summed E-state index contributed by atoms with van der Waals surface area (Å²) in [4.78, 5) is 0. The average molecular weight is 263 g/mol. The highest BCUT2D eigenvalue weighted by molar-refractivity contribution is 9.10. The van der Waals surface area contributed by atoms with Crippen LogP contribution in [0.5, 0.6) is 0 Å². The van der Waals surface area contributed by atoms with Crippen LogP contribution in [0.2, 0.25) is 0 Å². The lowest BCUT2D eigenvalue weighted by Crippen LogP contribution is -1.93. The molecular formula is C11H7BrN2O. The first kappa shape index (κ1) is 8.85. The monoisotopic (exact) mass is 262 g/mol. The van der Waals surface area contributed by atoms with Gasteiger partial charge in [0.2, 0.25) is 0 Å². The van der Waals surface area contributed by atoms with Crippen molar-refractivity contribution in [1.29, 1.82) is 0 Å². The molecule has 0 atom stereocenters. The van der Waals surface area contributed by atoms with Gasteiger partial charge in [0.25, 0.3) is 0 Å². The van der Waals surface area contributed by atoms with Crippen molar-refractivity contribution in [2.24, 2.45) is 10.2 Å². The van der Waals surface area contributed by atoms with Crippen molar-refractivity contribution in [3.63, 3.8) is 0 Å². The Labute approximate surface area is 94.6 Å². The second kappa shape index (κ2) is 3.31. The molecule has 0 saturated heterocycles. The molecule has 0 unspecified atom stereocenters. The van der Waals surface area contributed by atoms with Gasteiger partial charge >= 0.3 is 0 Å². The molecular weight excluding hydrogens is 256 g/mol. The Morgan fingerprint density at radius 2 is 2.20 bits per heavy atom. The van der Waals surface area contributed by atoms with Crippen LogP contribution in [-0.4, -0.2) is 11.9 Å². The third-order valence-electron chi connectivity index (χ3n) is 2.31. The number of halogens is 1. The summed E-state index contributed by atoms with van der Waals surface area (Å²) in [6.45, 7) is 0. The fourth-order valence-electron chi connectivity index (χ4n) is 1.58. The highest BCUT2D eigenvalue weighted by Gasteiger charge is 2.12. The van der Waals surface area contributed by atoms with E-state index in [9.17, 15) is 0 Å². The minimum absolute atomic E-state index is 0.751. The summed E-state index contributed by atoms with van der Waals surface area (Å²) in [5.41, 5.74) is 1.77. The third kappa shape index (κ3) is 1.51. The number of benzene rings is 1. The van der Waals surface area contributed by atoms with Crippen LogP contribution in [0.3, 0.4) is 0 Å². The molecule has 1 aliphatic rings. The Bertz CT molecular complexity index is 583. The zero-order chi connectivity index (χ0) is 10.3. The molecule has 74 valence electrons. The third-order valence-corrected chi connectivity index (χ3v) is 2.80. The van der Waals surface area contributed by atoms with Crippen LogP contribution in [0.1, 0.15) is 12.2 Å². The summed E-state index contributed by atoms with van der Waals surface area (Å²) in [6.07, 6.45) is 2.53. The van der Waals surface area contributed by atoms with E-state index in [1.807, 2.05) is 24.3 Å². The highest BCUT2D eigenvalue weighted by Crippen LogP contribution is 2.24. The van der Waals surface area contributed by atoms with Crippen molar-refractivity contribution in [3.8, 4) is 0 Å². The molecule has 0 saturated carbocycles. The number of furan rings is 1. The fraction of sp³-hybridized carbons (Fsp3) is 0.0909. The summed E-state index contributed by atoms with van der Waals surface area (Å²) in [5.74, 6) is 0.806. The van der Waals surface area contributed by atoms with Crippen LogP contribution in [0.15, 0.2) is 43.4 Å². The van der Waals surface area contributed by atoms with E-state index in [2.05, 4.69) is 26.1 Å². The zero-order valence-electron chi connectivity index (χ0n) is 7.77. The van der Waals surface area contributed by atoms with Gasteiger partial charge in [-0.05, 0) is 24.3 Å². The van der Waals surface area contributed by atoms with Crippen molar-refractivity contribution < 1.29 is 4.42 Å². The number of rotatable bonds is 1. The molecule has 0 spiro atoms. The summed E-state index contributed by atoms with van der Waals surface area (Å²) in [5, 5.41) is 8.90. The zero-order valence-corrected chi connectivity index (χ0v) is 9.36. The Morgan fingerprint density at radius 3 is 3.00 bits per heavy atom. The quantitative estimate of drug-likeness (QED) is 0.777. The SMILES string of the molecule is Brc1ccc2oc(C3=NN=CC3)cc2c1. The molecule has 3 nitrogen and oxygen atoms in total. The second-order valence-electron chi connectivity index (χ2n) is 3.34. The predicted octanol–water partition coefficient (Wildman–Crippen LogP) is 3.37. The summed E-state index contributed by atoms with van der Waals surface area (Å²) >= 11 is 3.43. The van der Waals surface area contributed by atoms with Gasteiger partial charge in [0, 0.05) is 22.5 Å². The van der Waals surface area contributed by atoms with E-state index in [0.29, 0.717) is 0 Å². The lowest BCUT2D eigenvalue weighted by Gasteiger charge is -1.90. The van der Waals surface area contributed by atoms with Gasteiger partial charge < -0.3 is 4.42 Å². The van der Waals surface area contributed by atoms with Gasteiger partial charge in [-0.25, -0.2) is 0 Å². The average Bonchev–Trinajstić information content (AvgIpc) is 2.84. The van der Waals surface area contributed by atoms with E-state index in [1.165, 1.54) is 0 Å². The van der Waals surface area contributed by atoms with E-state index in [0.717, 1.165) is 33.3 Å². The first-order chi connectivity index (χ1) is 7.33. The van der Waals surface area contributed by atoms with Crippen molar-refractivity contribution in [2.75, 3.05) is 0 Å². The first-order valence-corrected chi connectivity index (χ1v) is 5.40. The maximum atomic E-state index is 5.68. The summed E-state index contributed by atoms with van der Waals surface area (Å²) in [6, 6.07) is 7.92. The molecule has 0 bridgehead atoms. The van der Waals surface area contributed by atoms with Crippen molar-refractivity contribution in [2.45, 2.75) is 6.42 Å². The Morgan fingerprint density at radius 1 is 1.27 bits per heavy atom. The normalized spacial score (nSPS) is 14.9. The van der Waals surface area contributed by atoms with Crippen LogP contribution in [0.4, 0.5) is 0 Å². The molecule has 1 aromatic heterocycles. The molecule has 0 amide bonds. The molecule has 0 fully saturated rings. The Kier molecular flexibility index (Phi) is 1.95. The van der Waals surface area contributed by atoms with Crippen LogP contribution in [-0.2, 0) is 0 Å². The maximum Gasteiger partial charge on any atom is 0.151 e. The van der Waals surface area contributed by atoms with E-state index >= 15 is 0 Å². The Hall–Kier alpha value is -1.42. The molecule has 1 aromatic carbocycles. The minimum Gasteiger partial charge on any atom is -0.455 e. The first-order valence-electron chi connectivity index (χ1n) is 4.61. The van der Waals surface area contributed by atoms with Crippen LogP contribution in [0.25, 0.3) is 11.0 Å². The van der Waals surface area contributed by atoms with Crippen LogP contribution >= 0.6 is 15.9 Å². The Balaban J connectivity index is 2.14. The smallest absolute Gasteiger partial charge is 0.151 e. The standard InChI is InChI=1S/C11H7BrN2O/c12-8-1-2-10-7(5-8)6-11(15-10)9-3-4-13-14-9/h1-2,4-6H,3H2. The summed E-state index contributed by atoms with van der Waals surface area (Å²) in [7, 11) is 0. The number of hydrogen-bond donors (Lipinski definition) is 0. The van der Waals surface area contributed by atoms with E-state index < -0.39 is 0 Å². The largest absolute Gasteiger partial charge is 0.455 e. The van der Waals surface area contributed by atoms with Crippen LogP contribution in [0, 0.1) is 0 Å². The lowest BCUT2D eigenvalue weighted by molar-refractivity contribution is 0.604. The van der Waals surface area contributed by atoms with Gasteiger partial charge in [-0.15, -0.1) is 0 Å². The van der Waals surface area contributed by atoms with E-state index in [1.54, 1.807) is 6.21 Å². The highest BCUT2D eigenvalue weighted by atomic mass is 79.9. The molecule has 1 aliphatic heterocycles. The van der Waals surface area contributed by atoms with Gasteiger partial charge in [0.15, 0.2) is 5.76 Å². The number of fused-ring (bicyclic) bond motifs is 1. The van der Waals surface area contributed by atoms with Gasteiger partial charge in [-0.2, -0.15) is 10.2 Å². The topological polar surface area (TPSA) is 37.9 Å². The molecule has 3 rings (SSSR count). The lowest BCUT2D eigenvalue weighted by atomic mass is 10.2. The van der Waals surface area contributed by atoms with E-state index in [4.69, 9.17) is 4.42 Å². The molecule has 0 aliphatic carbocycles. The molecule has 4 heteroatoms. The molecule has 15 heavy (non-hydrogen) atoms. The van der Waals surface area contributed by atoms with Gasteiger partial charge in [-0.3, -0.25) is 0 Å². The molecule has 0 N–H and O–H groups in total. The van der Waals surface area contributed by atoms with Crippen LogP contribution < -0.4 is 0 Å². The molecule has 2 heterocycles. The van der Waals surface area contributed by atoms with E-state index in [-0.39, 0.29) is 0 Å². The van der Waals surface area contributed by atoms with Gasteiger partial charge in [-0.1, -0.05) is 15.9 Å². The van der Waals surface area contributed by atoms with Gasteiger partial charge in [0.05, 0.1) is 0 Å². The summed E-state index contributed by atoms with van der Waals surface area (Å²) < 4.78 is 6.72. The second-order valence-corrected chi connectivity index (χ2v) is 4.26. The molecule has 2 aromatic rings. The molecule has 0 radical (unpaired) electrons. The van der Waals surface area contributed by atoms with Gasteiger partial charge in [0.1, 0.15) is 11.3 Å². The van der Waals surface area contributed by atoms with Crippen molar-refractivity contribution in [3.05, 3.63) is 34.5 Å². The minimum atomic E-state index is 0.751. The fourth-order valence-corrected chi connectivity index (χ4v) is 1.96.